The Morgan fingerprint density at radius 2 is 2.42 bits per heavy atom. The van der Waals surface area contributed by atoms with Gasteiger partial charge in [-0.25, -0.2) is 0 Å². The van der Waals surface area contributed by atoms with Gasteiger partial charge in [0.05, 0.1) is 6.10 Å². The average Bonchev–Trinajstić information content (AvgIpc) is 2.70. The van der Waals surface area contributed by atoms with Crippen molar-refractivity contribution in [2.45, 2.75) is 57.2 Å². The van der Waals surface area contributed by atoms with Crippen molar-refractivity contribution in [1.29, 1.82) is 0 Å². The molecule has 2 heteroatoms. The van der Waals surface area contributed by atoms with Crippen LogP contribution in [0, 0.1) is 0 Å². The molecule has 0 amide bonds. The van der Waals surface area contributed by atoms with Gasteiger partial charge < -0.3 is 4.74 Å². The van der Waals surface area contributed by atoms with Gasteiger partial charge >= 0.3 is 0 Å². The van der Waals surface area contributed by atoms with Gasteiger partial charge in [0, 0.05) is 6.42 Å². The van der Waals surface area contributed by atoms with Crippen molar-refractivity contribution < 1.29 is 9.53 Å². The molecule has 0 radical (unpaired) electrons. The van der Waals surface area contributed by atoms with Gasteiger partial charge in [0.2, 0.25) is 0 Å². The van der Waals surface area contributed by atoms with Gasteiger partial charge in [0.1, 0.15) is 0 Å². The zero-order valence-corrected chi connectivity index (χ0v) is 7.64. The summed E-state index contributed by atoms with van der Waals surface area (Å²) in [6, 6.07) is 0. The third-order valence-electron chi connectivity index (χ3n) is 3.07. The lowest BCUT2D eigenvalue weighted by molar-refractivity contribution is -0.124. The van der Waals surface area contributed by atoms with Crippen molar-refractivity contribution in [1.82, 2.24) is 0 Å². The topological polar surface area (TPSA) is 29.6 Å². The first-order valence-electron chi connectivity index (χ1n) is 5.01. The van der Waals surface area contributed by atoms with Gasteiger partial charge in [-0.2, -0.15) is 0 Å². The molecule has 0 aromatic rings. The van der Waals surface area contributed by atoms with Crippen LogP contribution >= 0.6 is 0 Å². The summed E-state index contributed by atoms with van der Waals surface area (Å²) in [6.45, 7) is 2.18. The number of hydrogen-bond donors (Lipinski definition) is 0. The van der Waals surface area contributed by atoms with E-state index in [0.717, 1.165) is 25.7 Å². The van der Waals surface area contributed by atoms with E-state index < -0.39 is 0 Å². The lowest BCUT2D eigenvalue weighted by Crippen LogP contribution is -2.21. The molecule has 2 atom stereocenters. The van der Waals surface area contributed by atoms with Crippen LogP contribution in [0.5, 0.6) is 0 Å². The van der Waals surface area contributed by atoms with Crippen LogP contribution in [-0.2, 0) is 9.53 Å². The number of ether oxygens (including phenoxy) is 1. The summed E-state index contributed by atoms with van der Waals surface area (Å²) in [6.07, 6.45) is 6.62. The van der Waals surface area contributed by atoms with Gasteiger partial charge in [-0.1, -0.05) is 26.2 Å². The van der Waals surface area contributed by atoms with Crippen molar-refractivity contribution in [3.8, 4) is 0 Å². The van der Waals surface area contributed by atoms with E-state index in [-0.39, 0.29) is 5.60 Å². The van der Waals surface area contributed by atoms with Crippen LogP contribution in [-0.4, -0.2) is 17.5 Å². The Kier molecular flexibility index (Phi) is 1.95. The second-order valence-electron chi connectivity index (χ2n) is 3.91. The largest absolute Gasteiger partial charge is 0.358 e. The molecular formula is C10H16O2. The molecule has 12 heavy (non-hydrogen) atoms. The number of Topliss-reactive ketones (excluding diaryl/α,β-unsaturated/α-hetero) is 1. The number of rotatable bonds is 4. The van der Waals surface area contributed by atoms with E-state index in [1.807, 2.05) is 0 Å². The van der Waals surface area contributed by atoms with Crippen LogP contribution in [0.1, 0.15) is 45.4 Å². The van der Waals surface area contributed by atoms with Crippen molar-refractivity contribution in [2.75, 3.05) is 0 Å². The first kappa shape index (κ1) is 8.24. The Labute approximate surface area is 73.3 Å². The number of ketones is 1. The number of hydrogen-bond acceptors (Lipinski definition) is 2. The fourth-order valence-electron chi connectivity index (χ4n) is 2.23. The number of epoxide rings is 1. The number of carbonyl (C=O) groups excluding carboxylic acids is 1. The highest BCUT2D eigenvalue weighted by molar-refractivity contribution is 5.93. The molecule has 2 rings (SSSR count). The number of unbranched alkanes of at least 4 members (excludes halogenated alkanes) is 2. The molecule has 1 heterocycles. The fraction of sp³-hybridized carbons (Fsp3) is 0.900. The van der Waals surface area contributed by atoms with Crippen LogP contribution in [0.25, 0.3) is 0 Å². The predicted molar refractivity (Wildman–Crippen MR) is 46.0 cm³/mol. The Hall–Kier alpha value is -0.370. The second kappa shape index (κ2) is 2.84. The Bertz CT molecular complexity index is 200. The molecule has 1 aliphatic heterocycles. The maximum absolute atomic E-state index is 11.4. The van der Waals surface area contributed by atoms with Crippen molar-refractivity contribution in [3.63, 3.8) is 0 Å². The minimum absolute atomic E-state index is 0.269. The summed E-state index contributed by atoms with van der Waals surface area (Å²) in [7, 11) is 0. The average molecular weight is 168 g/mol. The van der Waals surface area contributed by atoms with Crippen LogP contribution in [0.15, 0.2) is 0 Å². The van der Waals surface area contributed by atoms with Crippen LogP contribution < -0.4 is 0 Å². The molecule has 2 fully saturated rings. The zero-order chi connectivity index (χ0) is 8.60. The highest BCUT2D eigenvalue weighted by Crippen LogP contribution is 2.50. The molecular weight excluding hydrogens is 152 g/mol. The smallest absolute Gasteiger partial charge is 0.167 e. The molecule has 2 unspecified atom stereocenters. The lowest BCUT2D eigenvalue weighted by Gasteiger charge is -2.05. The van der Waals surface area contributed by atoms with Crippen LogP contribution in [0.4, 0.5) is 0 Å². The summed E-state index contributed by atoms with van der Waals surface area (Å²) >= 11 is 0. The maximum Gasteiger partial charge on any atom is 0.167 e. The monoisotopic (exact) mass is 168 g/mol. The summed E-state index contributed by atoms with van der Waals surface area (Å²) in [5.74, 6) is 0.364. The van der Waals surface area contributed by atoms with Crippen LogP contribution in [0.3, 0.4) is 0 Å². The van der Waals surface area contributed by atoms with E-state index in [0.29, 0.717) is 11.9 Å². The van der Waals surface area contributed by atoms with Gasteiger partial charge in [-0.15, -0.1) is 0 Å². The van der Waals surface area contributed by atoms with E-state index in [1.54, 1.807) is 0 Å². The van der Waals surface area contributed by atoms with E-state index >= 15 is 0 Å². The zero-order valence-electron chi connectivity index (χ0n) is 7.64. The Morgan fingerprint density at radius 3 is 2.92 bits per heavy atom. The summed E-state index contributed by atoms with van der Waals surface area (Å²) < 4.78 is 5.45. The number of carbonyl (C=O) groups is 1. The SMILES string of the molecule is CCCCCC12OC1CCC2=O. The maximum atomic E-state index is 11.4. The molecule has 0 aromatic carbocycles. The van der Waals surface area contributed by atoms with Gasteiger partial charge in [0.15, 0.2) is 11.4 Å². The van der Waals surface area contributed by atoms with Crippen LogP contribution in [0.2, 0.25) is 0 Å². The fourth-order valence-corrected chi connectivity index (χ4v) is 2.23. The molecule has 1 saturated carbocycles. The van der Waals surface area contributed by atoms with E-state index in [4.69, 9.17) is 4.74 Å². The third kappa shape index (κ3) is 1.09. The lowest BCUT2D eigenvalue weighted by atomic mass is 9.98. The minimum Gasteiger partial charge on any atom is -0.358 e. The minimum atomic E-state index is -0.269. The van der Waals surface area contributed by atoms with Gasteiger partial charge in [-0.05, 0) is 12.8 Å². The molecule has 0 spiro atoms. The molecule has 0 N–H and O–H groups in total. The first-order valence-corrected chi connectivity index (χ1v) is 5.01. The normalized spacial score (nSPS) is 38.4. The van der Waals surface area contributed by atoms with Gasteiger partial charge in [-0.3, -0.25) is 4.79 Å². The third-order valence-corrected chi connectivity index (χ3v) is 3.07. The second-order valence-corrected chi connectivity index (χ2v) is 3.91. The molecule has 68 valence electrons. The molecule has 1 aliphatic carbocycles. The van der Waals surface area contributed by atoms with E-state index in [2.05, 4.69) is 6.92 Å². The number of fused-ring (bicyclic) bond motifs is 1. The predicted octanol–water partition coefficient (Wildman–Crippen LogP) is 2.07. The summed E-state index contributed by atoms with van der Waals surface area (Å²) in [5.41, 5.74) is -0.269. The van der Waals surface area contributed by atoms with E-state index in [1.165, 1.54) is 12.8 Å². The molecule has 0 bridgehead atoms. The van der Waals surface area contributed by atoms with Crippen molar-refractivity contribution in [3.05, 3.63) is 0 Å². The summed E-state index contributed by atoms with van der Waals surface area (Å²) in [5, 5.41) is 0. The molecule has 0 aromatic heterocycles. The summed E-state index contributed by atoms with van der Waals surface area (Å²) in [4.78, 5) is 11.4. The standard InChI is InChI=1S/C10H16O2/c1-2-3-4-7-10-8(11)5-6-9(10)12-10/h9H,2-7H2,1H3. The Balaban J connectivity index is 1.83. The van der Waals surface area contributed by atoms with Crippen molar-refractivity contribution >= 4 is 5.78 Å². The quantitative estimate of drug-likeness (QED) is 0.475. The molecule has 2 aliphatic rings. The van der Waals surface area contributed by atoms with E-state index in [9.17, 15) is 4.79 Å². The molecule has 2 nitrogen and oxygen atoms in total. The Morgan fingerprint density at radius 1 is 1.58 bits per heavy atom. The molecule has 1 saturated heterocycles. The first-order chi connectivity index (χ1) is 5.79. The van der Waals surface area contributed by atoms with Crippen molar-refractivity contribution in [2.24, 2.45) is 0 Å². The highest BCUT2D eigenvalue weighted by atomic mass is 16.6. The van der Waals surface area contributed by atoms with Gasteiger partial charge in [0.25, 0.3) is 0 Å². The highest BCUT2D eigenvalue weighted by Gasteiger charge is 2.64.